The van der Waals surface area contributed by atoms with Gasteiger partial charge in [0.1, 0.15) is 5.75 Å². The average molecular weight is 175 g/mol. The van der Waals surface area contributed by atoms with Crippen molar-refractivity contribution in [1.29, 1.82) is 0 Å². The van der Waals surface area contributed by atoms with E-state index in [0.29, 0.717) is 0 Å². The number of hydrogen-bond donors (Lipinski definition) is 1. The summed E-state index contributed by atoms with van der Waals surface area (Å²) >= 11 is 0. The Labute approximate surface area is 77.9 Å². The number of fused-ring (bicyclic) bond motifs is 3. The van der Waals surface area contributed by atoms with Crippen molar-refractivity contribution in [2.45, 2.75) is 19.4 Å². The van der Waals surface area contributed by atoms with Gasteiger partial charge in [-0.1, -0.05) is 6.07 Å². The molecule has 0 bridgehead atoms. The molecule has 0 amide bonds. The maximum atomic E-state index is 5.54. The minimum Gasteiger partial charge on any atom is -0.493 e. The summed E-state index contributed by atoms with van der Waals surface area (Å²) in [6.07, 6.45) is 2.27. The highest BCUT2D eigenvalue weighted by atomic mass is 16.5. The molecule has 1 aromatic carbocycles. The van der Waals surface area contributed by atoms with E-state index >= 15 is 0 Å². The minimum absolute atomic E-state index is 0.867. The lowest BCUT2D eigenvalue weighted by molar-refractivity contribution is 0.357. The van der Waals surface area contributed by atoms with Crippen LogP contribution in [0.4, 0.5) is 0 Å². The van der Waals surface area contributed by atoms with Crippen LogP contribution in [0.3, 0.4) is 0 Å². The Morgan fingerprint density at radius 2 is 2.15 bits per heavy atom. The van der Waals surface area contributed by atoms with Crippen LogP contribution < -0.4 is 10.1 Å². The Morgan fingerprint density at radius 1 is 1.15 bits per heavy atom. The van der Waals surface area contributed by atoms with E-state index in [4.69, 9.17) is 4.74 Å². The molecule has 0 spiro atoms. The highest BCUT2D eigenvalue weighted by Crippen LogP contribution is 2.31. The Kier molecular flexibility index (Phi) is 1.56. The molecule has 0 atom stereocenters. The van der Waals surface area contributed by atoms with Crippen LogP contribution in [0.1, 0.15) is 16.7 Å². The molecule has 1 N–H and O–H groups in total. The molecule has 0 saturated heterocycles. The van der Waals surface area contributed by atoms with Crippen molar-refractivity contribution in [2.75, 3.05) is 13.2 Å². The van der Waals surface area contributed by atoms with Gasteiger partial charge in [0.25, 0.3) is 0 Å². The molecule has 2 heterocycles. The van der Waals surface area contributed by atoms with Crippen LogP contribution in [0, 0.1) is 0 Å². The Balaban J connectivity index is 2.17. The second kappa shape index (κ2) is 2.74. The Bertz CT molecular complexity index is 346. The van der Waals surface area contributed by atoms with Crippen LogP contribution in [-0.4, -0.2) is 13.2 Å². The standard InChI is InChI=1S/C11H13NO/c1-2-11-9(4-6-13-11)10-7-12-5-3-8(1)10/h1-2,12H,3-7H2. The molecule has 2 aliphatic heterocycles. The SMILES string of the molecule is c1cc2c(c3c1CCNC3)CCO2. The smallest absolute Gasteiger partial charge is 0.122 e. The molecule has 68 valence electrons. The third-order valence-electron chi connectivity index (χ3n) is 2.97. The van der Waals surface area contributed by atoms with Gasteiger partial charge >= 0.3 is 0 Å². The fourth-order valence-electron chi connectivity index (χ4n) is 2.28. The first-order valence-corrected chi connectivity index (χ1v) is 4.92. The topological polar surface area (TPSA) is 21.3 Å². The predicted molar refractivity (Wildman–Crippen MR) is 51.1 cm³/mol. The van der Waals surface area contributed by atoms with Crippen LogP contribution in [0.2, 0.25) is 0 Å². The van der Waals surface area contributed by atoms with Gasteiger partial charge in [-0.3, -0.25) is 0 Å². The van der Waals surface area contributed by atoms with Crippen molar-refractivity contribution in [3.63, 3.8) is 0 Å². The molecule has 0 aliphatic carbocycles. The molecule has 0 aromatic heterocycles. The largest absolute Gasteiger partial charge is 0.493 e. The maximum absolute atomic E-state index is 5.54. The van der Waals surface area contributed by atoms with Crippen LogP contribution in [0.25, 0.3) is 0 Å². The van der Waals surface area contributed by atoms with Gasteiger partial charge in [0.05, 0.1) is 6.61 Å². The average Bonchev–Trinajstić information content (AvgIpc) is 2.65. The summed E-state index contributed by atoms with van der Waals surface area (Å²) in [6.45, 7) is 3.01. The molecule has 3 rings (SSSR count). The molecule has 2 nitrogen and oxygen atoms in total. The molecule has 1 aromatic rings. The molecule has 2 aliphatic rings. The maximum Gasteiger partial charge on any atom is 0.122 e. The van der Waals surface area contributed by atoms with E-state index in [0.717, 1.165) is 31.9 Å². The van der Waals surface area contributed by atoms with Crippen molar-refractivity contribution in [2.24, 2.45) is 0 Å². The van der Waals surface area contributed by atoms with Gasteiger partial charge in [0.2, 0.25) is 0 Å². The Hall–Kier alpha value is -1.02. The summed E-state index contributed by atoms with van der Waals surface area (Å²) in [7, 11) is 0. The Morgan fingerprint density at radius 3 is 3.15 bits per heavy atom. The zero-order chi connectivity index (χ0) is 8.67. The van der Waals surface area contributed by atoms with Gasteiger partial charge in [-0.15, -0.1) is 0 Å². The zero-order valence-corrected chi connectivity index (χ0v) is 7.60. The molecule has 0 radical (unpaired) electrons. The number of nitrogens with one attached hydrogen (secondary N) is 1. The van der Waals surface area contributed by atoms with Gasteiger partial charge in [0.15, 0.2) is 0 Å². The number of benzene rings is 1. The van der Waals surface area contributed by atoms with Gasteiger partial charge < -0.3 is 10.1 Å². The highest BCUT2D eigenvalue weighted by Gasteiger charge is 2.20. The van der Waals surface area contributed by atoms with Crippen molar-refractivity contribution < 1.29 is 4.74 Å². The van der Waals surface area contributed by atoms with Gasteiger partial charge in [0, 0.05) is 18.5 Å². The van der Waals surface area contributed by atoms with Gasteiger partial charge in [-0.25, -0.2) is 0 Å². The lowest BCUT2D eigenvalue weighted by Gasteiger charge is -2.19. The molecule has 2 heteroatoms. The molecule has 0 saturated carbocycles. The van der Waals surface area contributed by atoms with Crippen LogP contribution in [0.5, 0.6) is 5.75 Å². The highest BCUT2D eigenvalue weighted by molar-refractivity contribution is 5.48. The van der Waals surface area contributed by atoms with E-state index in [1.54, 1.807) is 0 Å². The summed E-state index contributed by atoms with van der Waals surface area (Å²) < 4.78 is 5.54. The van der Waals surface area contributed by atoms with Gasteiger partial charge in [-0.05, 0) is 30.2 Å². The van der Waals surface area contributed by atoms with Crippen molar-refractivity contribution in [3.05, 3.63) is 28.8 Å². The van der Waals surface area contributed by atoms with Crippen LogP contribution >= 0.6 is 0 Å². The normalized spacial score (nSPS) is 19.1. The van der Waals surface area contributed by atoms with E-state index in [9.17, 15) is 0 Å². The van der Waals surface area contributed by atoms with Gasteiger partial charge in [-0.2, -0.15) is 0 Å². The third-order valence-corrected chi connectivity index (χ3v) is 2.97. The van der Waals surface area contributed by atoms with Crippen molar-refractivity contribution in [1.82, 2.24) is 5.32 Å². The third kappa shape index (κ3) is 1.05. The van der Waals surface area contributed by atoms with E-state index in [2.05, 4.69) is 17.4 Å². The first-order valence-electron chi connectivity index (χ1n) is 4.92. The lowest BCUT2D eigenvalue weighted by atomic mass is 9.95. The number of rotatable bonds is 0. The quantitative estimate of drug-likeness (QED) is 0.641. The molecule has 0 unspecified atom stereocenters. The van der Waals surface area contributed by atoms with E-state index < -0.39 is 0 Å². The zero-order valence-electron chi connectivity index (χ0n) is 7.60. The monoisotopic (exact) mass is 175 g/mol. The second-order valence-electron chi connectivity index (χ2n) is 3.71. The molecule has 13 heavy (non-hydrogen) atoms. The summed E-state index contributed by atoms with van der Waals surface area (Å²) in [5.74, 6) is 1.11. The summed E-state index contributed by atoms with van der Waals surface area (Å²) in [6, 6.07) is 4.35. The predicted octanol–water partition coefficient (Wildman–Crippen LogP) is 1.27. The lowest BCUT2D eigenvalue weighted by Crippen LogP contribution is -2.24. The first-order chi connectivity index (χ1) is 6.45. The molecular formula is C11H13NO. The van der Waals surface area contributed by atoms with E-state index in [1.807, 2.05) is 0 Å². The fourth-order valence-corrected chi connectivity index (χ4v) is 2.28. The minimum atomic E-state index is 0.867. The van der Waals surface area contributed by atoms with Crippen LogP contribution in [0.15, 0.2) is 12.1 Å². The summed E-state index contributed by atoms with van der Waals surface area (Å²) in [5.41, 5.74) is 4.47. The first kappa shape index (κ1) is 7.39. The van der Waals surface area contributed by atoms with Crippen molar-refractivity contribution in [3.8, 4) is 5.75 Å². The number of ether oxygens (including phenoxy) is 1. The van der Waals surface area contributed by atoms with Crippen LogP contribution in [-0.2, 0) is 19.4 Å². The fraction of sp³-hybridized carbons (Fsp3) is 0.455. The number of hydrogen-bond acceptors (Lipinski definition) is 2. The van der Waals surface area contributed by atoms with E-state index in [-0.39, 0.29) is 0 Å². The summed E-state index contributed by atoms with van der Waals surface area (Å²) in [5, 5.41) is 3.42. The molecule has 0 fully saturated rings. The second-order valence-corrected chi connectivity index (χ2v) is 3.71. The molecular weight excluding hydrogens is 162 g/mol. The van der Waals surface area contributed by atoms with E-state index in [1.165, 1.54) is 23.1 Å². The van der Waals surface area contributed by atoms with Crippen molar-refractivity contribution >= 4 is 0 Å². The summed E-state index contributed by atoms with van der Waals surface area (Å²) in [4.78, 5) is 0.